The summed E-state index contributed by atoms with van der Waals surface area (Å²) in [5.74, 6) is 0.515. The molecule has 0 aliphatic heterocycles. The zero-order chi connectivity index (χ0) is 12.0. The number of carbonyl (C=O) groups is 1. The first-order valence-corrected chi connectivity index (χ1v) is 6.33. The SMILES string of the molecule is CCOC(=O)c1noc([C@H](N)CCSC)n1. The van der Waals surface area contributed by atoms with E-state index in [4.69, 9.17) is 15.0 Å². The second-order valence-electron chi connectivity index (χ2n) is 3.06. The monoisotopic (exact) mass is 245 g/mol. The quantitative estimate of drug-likeness (QED) is 0.747. The lowest BCUT2D eigenvalue weighted by Crippen LogP contribution is -2.12. The largest absolute Gasteiger partial charge is 0.460 e. The van der Waals surface area contributed by atoms with Gasteiger partial charge in [0.2, 0.25) is 5.89 Å². The van der Waals surface area contributed by atoms with Gasteiger partial charge in [0.1, 0.15) is 0 Å². The highest BCUT2D eigenvalue weighted by Crippen LogP contribution is 2.14. The third-order valence-electron chi connectivity index (χ3n) is 1.85. The molecular weight excluding hydrogens is 230 g/mol. The van der Waals surface area contributed by atoms with Crippen LogP contribution in [0.25, 0.3) is 0 Å². The fraction of sp³-hybridized carbons (Fsp3) is 0.667. The maximum atomic E-state index is 11.2. The summed E-state index contributed by atoms with van der Waals surface area (Å²) in [6.07, 6.45) is 2.72. The van der Waals surface area contributed by atoms with Crippen LogP contribution >= 0.6 is 11.8 Å². The van der Waals surface area contributed by atoms with E-state index in [0.29, 0.717) is 0 Å². The Morgan fingerprint density at radius 2 is 2.44 bits per heavy atom. The van der Waals surface area contributed by atoms with Crippen molar-refractivity contribution in [3.63, 3.8) is 0 Å². The van der Waals surface area contributed by atoms with Gasteiger partial charge in [-0.15, -0.1) is 0 Å². The highest BCUT2D eigenvalue weighted by atomic mass is 32.2. The van der Waals surface area contributed by atoms with E-state index < -0.39 is 5.97 Å². The molecule has 2 N–H and O–H groups in total. The second kappa shape index (κ2) is 6.49. The zero-order valence-electron chi connectivity index (χ0n) is 9.30. The van der Waals surface area contributed by atoms with E-state index in [9.17, 15) is 4.79 Å². The number of carbonyl (C=O) groups excluding carboxylic acids is 1. The topological polar surface area (TPSA) is 91.2 Å². The number of ether oxygens (including phenoxy) is 1. The summed E-state index contributed by atoms with van der Waals surface area (Å²) in [7, 11) is 0. The van der Waals surface area contributed by atoms with Gasteiger partial charge in [-0.3, -0.25) is 0 Å². The first kappa shape index (κ1) is 13.0. The zero-order valence-corrected chi connectivity index (χ0v) is 10.1. The molecule has 1 aromatic rings. The lowest BCUT2D eigenvalue weighted by atomic mass is 10.2. The Balaban J connectivity index is 2.59. The van der Waals surface area contributed by atoms with Crippen molar-refractivity contribution in [2.75, 3.05) is 18.6 Å². The number of esters is 1. The van der Waals surface area contributed by atoms with E-state index in [0.717, 1.165) is 12.2 Å². The smallest absolute Gasteiger partial charge is 0.379 e. The van der Waals surface area contributed by atoms with Crippen LogP contribution in [-0.4, -0.2) is 34.7 Å². The van der Waals surface area contributed by atoms with Crippen molar-refractivity contribution in [3.8, 4) is 0 Å². The van der Waals surface area contributed by atoms with Gasteiger partial charge in [-0.1, -0.05) is 0 Å². The van der Waals surface area contributed by atoms with Crippen molar-refractivity contribution in [2.24, 2.45) is 5.73 Å². The summed E-state index contributed by atoms with van der Waals surface area (Å²) in [5.41, 5.74) is 5.81. The fourth-order valence-corrected chi connectivity index (χ4v) is 1.52. The lowest BCUT2D eigenvalue weighted by Gasteiger charge is -2.03. The summed E-state index contributed by atoms with van der Waals surface area (Å²) in [5, 5.41) is 3.52. The number of nitrogens with two attached hydrogens (primary N) is 1. The average molecular weight is 245 g/mol. The summed E-state index contributed by atoms with van der Waals surface area (Å²) >= 11 is 1.68. The molecule has 0 spiro atoms. The third kappa shape index (κ3) is 3.49. The molecule has 0 unspecified atom stereocenters. The molecule has 1 heterocycles. The number of hydrogen-bond donors (Lipinski definition) is 1. The standard InChI is InChI=1S/C9H15N3O3S/c1-3-14-9(13)7-11-8(15-12-7)6(10)4-5-16-2/h6H,3-5,10H2,1-2H3/t6-/m1/s1. The van der Waals surface area contributed by atoms with Crippen LogP contribution in [0.1, 0.15) is 35.9 Å². The molecule has 1 atom stereocenters. The number of nitrogens with zero attached hydrogens (tertiary/aromatic N) is 2. The molecule has 0 aromatic carbocycles. The molecular formula is C9H15N3O3S. The minimum atomic E-state index is -0.588. The number of hydrogen-bond acceptors (Lipinski definition) is 7. The number of thioether (sulfide) groups is 1. The molecule has 0 saturated carbocycles. The Bertz CT molecular complexity index is 342. The molecule has 0 fully saturated rings. The Labute approximate surface area is 97.9 Å². The van der Waals surface area contributed by atoms with Gasteiger partial charge in [0.05, 0.1) is 12.6 Å². The van der Waals surface area contributed by atoms with Crippen LogP contribution in [0.3, 0.4) is 0 Å². The van der Waals surface area contributed by atoms with Crippen molar-refractivity contribution in [3.05, 3.63) is 11.7 Å². The summed E-state index contributed by atoms with van der Waals surface area (Å²) in [6, 6.07) is -0.330. The minimum absolute atomic E-state index is 0.0727. The van der Waals surface area contributed by atoms with Crippen LogP contribution in [0, 0.1) is 0 Å². The predicted octanol–water partition coefficient (Wildman–Crippen LogP) is 0.999. The molecule has 6 nitrogen and oxygen atoms in total. The molecule has 90 valence electrons. The fourth-order valence-electron chi connectivity index (χ4n) is 1.03. The van der Waals surface area contributed by atoms with Gasteiger partial charge >= 0.3 is 5.97 Å². The highest BCUT2D eigenvalue weighted by molar-refractivity contribution is 7.98. The number of rotatable bonds is 6. The Morgan fingerprint density at radius 1 is 1.69 bits per heavy atom. The molecule has 0 bridgehead atoms. The van der Waals surface area contributed by atoms with E-state index in [2.05, 4.69) is 10.1 Å². The van der Waals surface area contributed by atoms with Crippen LogP contribution < -0.4 is 5.73 Å². The first-order chi connectivity index (χ1) is 7.69. The summed E-state index contributed by atoms with van der Waals surface area (Å²) < 4.78 is 9.63. The van der Waals surface area contributed by atoms with Crippen molar-refractivity contribution < 1.29 is 14.1 Å². The molecule has 0 amide bonds. The van der Waals surface area contributed by atoms with Crippen molar-refractivity contribution in [1.82, 2.24) is 10.1 Å². The molecule has 7 heteroatoms. The minimum Gasteiger partial charge on any atom is -0.460 e. The van der Waals surface area contributed by atoms with Gasteiger partial charge in [-0.2, -0.15) is 16.7 Å². The van der Waals surface area contributed by atoms with Gasteiger partial charge in [0, 0.05) is 0 Å². The number of aromatic nitrogens is 2. The normalized spacial score (nSPS) is 12.4. The summed E-state index contributed by atoms with van der Waals surface area (Å²) in [4.78, 5) is 15.1. The van der Waals surface area contributed by atoms with Gasteiger partial charge in [-0.25, -0.2) is 4.79 Å². The van der Waals surface area contributed by atoms with Crippen molar-refractivity contribution >= 4 is 17.7 Å². The van der Waals surface area contributed by atoms with Gasteiger partial charge in [0.25, 0.3) is 5.82 Å². The maximum Gasteiger partial charge on any atom is 0.379 e. The molecule has 16 heavy (non-hydrogen) atoms. The van der Waals surface area contributed by atoms with Crippen LogP contribution in [-0.2, 0) is 4.74 Å². The average Bonchev–Trinajstić information content (AvgIpc) is 2.75. The lowest BCUT2D eigenvalue weighted by molar-refractivity contribution is 0.0508. The highest BCUT2D eigenvalue weighted by Gasteiger charge is 2.19. The van der Waals surface area contributed by atoms with Crippen molar-refractivity contribution in [2.45, 2.75) is 19.4 Å². The second-order valence-corrected chi connectivity index (χ2v) is 4.05. The molecule has 0 radical (unpaired) electrons. The molecule has 1 aromatic heterocycles. The van der Waals surface area contributed by atoms with Crippen LogP contribution in [0.15, 0.2) is 4.52 Å². The molecule has 0 saturated heterocycles. The summed E-state index contributed by atoms with van der Waals surface area (Å²) in [6.45, 7) is 1.99. The Hall–Kier alpha value is -1.08. The van der Waals surface area contributed by atoms with Crippen LogP contribution in [0.4, 0.5) is 0 Å². The first-order valence-electron chi connectivity index (χ1n) is 4.94. The van der Waals surface area contributed by atoms with Gasteiger partial charge in [0.15, 0.2) is 0 Å². The van der Waals surface area contributed by atoms with E-state index in [1.165, 1.54) is 0 Å². The van der Waals surface area contributed by atoms with Gasteiger partial charge < -0.3 is 15.0 Å². The molecule has 0 aliphatic carbocycles. The maximum absolute atomic E-state index is 11.2. The third-order valence-corrected chi connectivity index (χ3v) is 2.49. The van der Waals surface area contributed by atoms with Crippen LogP contribution in [0.5, 0.6) is 0 Å². The predicted molar refractivity (Wildman–Crippen MR) is 60.2 cm³/mol. The van der Waals surface area contributed by atoms with E-state index >= 15 is 0 Å². The Kier molecular flexibility index (Phi) is 5.27. The Morgan fingerprint density at radius 3 is 3.06 bits per heavy atom. The van der Waals surface area contributed by atoms with Gasteiger partial charge in [-0.05, 0) is 30.5 Å². The molecule has 1 rings (SSSR count). The van der Waals surface area contributed by atoms with Crippen molar-refractivity contribution in [1.29, 1.82) is 0 Å². The van der Waals surface area contributed by atoms with Crippen LogP contribution in [0.2, 0.25) is 0 Å². The van der Waals surface area contributed by atoms with E-state index in [1.54, 1.807) is 18.7 Å². The van der Waals surface area contributed by atoms with E-state index in [-0.39, 0.29) is 24.4 Å². The molecule has 0 aliphatic rings. The van der Waals surface area contributed by atoms with E-state index in [1.807, 2.05) is 6.26 Å².